The van der Waals surface area contributed by atoms with Gasteiger partial charge in [0.15, 0.2) is 0 Å². The van der Waals surface area contributed by atoms with Crippen molar-refractivity contribution in [2.75, 3.05) is 5.32 Å². The molecule has 1 aromatic heterocycles. The number of hydrogen-bond acceptors (Lipinski definition) is 3. The van der Waals surface area contributed by atoms with Gasteiger partial charge in [0.2, 0.25) is 0 Å². The molecular weight excluding hydrogens is 270 g/mol. The Morgan fingerprint density at radius 3 is 2.74 bits per heavy atom. The number of carboxylic acids is 1. The summed E-state index contributed by atoms with van der Waals surface area (Å²) in [6.45, 7) is 0. The molecule has 0 saturated heterocycles. The van der Waals surface area contributed by atoms with Gasteiger partial charge in [0.1, 0.15) is 0 Å². The Bertz CT molecular complexity index is 651. The van der Waals surface area contributed by atoms with E-state index in [0.29, 0.717) is 5.56 Å². The summed E-state index contributed by atoms with van der Waals surface area (Å²) in [4.78, 5) is 23.0. The second kappa shape index (κ2) is 5.11. The van der Waals surface area contributed by atoms with E-state index in [0.717, 1.165) is 0 Å². The third-order valence-electron chi connectivity index (χ3n) is 2.43. The number of aryl methyl sites for hydroxylation is 1. The van der Waals surface area contributed by atoms with Gasteiger partial charge < -0.3 is 10.4 Å². The molecule has 0 aliphatic rings. The van der Waals surface area contributed by atoms with E-state index >= 15 is 0 Å². The normalized spacial score (nSPS) is 10.2. The lowest BCUT2D eigenvalue weighted by Gasteiger charge is -2.07. The van der Waals surface area contributed by atoms with Crippen LogP contribution in [0.25, 0.3) is 0 Å². The van der Waals surface area contributed by atoms with E-state index in [1.54, 1.807) is 7.05 Å². The van der Waals surface area contributed by atoms with Gasteiger partial charge in [-0.25, -0.2) is 4.79 Å². The predicted molar refractivity (Wildman–Crippen MR) is 69.6 cm³/mol. The number of hydrogen-bond donors (Lipinski definition) is 2. The van der Waals surface area contributed by atoms with Crippen LogP contribution in [-0.2, 0) is 7.05 Å². The van der Waals surface area contributed by atoms with Gasteiger partial charge in [-0.05, 0) is 18.2 Å². The third-order valence-corrected chi connectivity index (χ3v) is 2.66. The van der Waals surface area contributed by atoms with Crippen molar-refractivity contribution >= 4 is 29.2 Å². The summed E-state index contributed by atoms with van der Waals surface area (Å²) in [6.07, 6.45) is 2.93. The molecule has 1 amide bonds. The number of rotatable bonds is 3. The summed E-state index contributed by atoms with van der Waals surface area (Å²) >= 11 is 5.73. The fraction of sp³-hybridized carbons (Fsp3) is 0.0833. The molecule has 0 aliphatic carbocycles. The highest BCUT2D eigenvalue weighted by Gasteiger charge is 2.14. The minimum absolute atomic E-state index is 0.0651. The lowest BCUT2D eigenvalue weighted by molar-refractivity contribution is 0.0698. The van der Waals surface area contributed by atoms with Crippen LogP contribution in [0, 0.1) is 0 Å². The van der Waals surface area contributed by atoms with Crippen molar-refractivity contribution in [3.63, 3.8) is 0 Å². The molecule has 1 aromatic carbocycles. The van der Waals surface area contributed by atoms with E-state index in [1.807, 2.05) is 0 Å². The summed E-state index contributed by atoms with van der Waals surface area (Å²) in [7, 11) is 1.68. The van der Waals surface area contributed by atoms with E-state index < -0.39 is 11.9 Å². The van der Waals surface area contributed by atoms with Gasteiger partial charge in [0.05, 0.1) is 23.0 Å². The molecule has 2 N–H and O–H groups in total. The molecule has 0 fully saturated rings. The minimum Gasteiger partial charge on any atom is -0.478 e. The fourth-order valence-electron chi connectivity index (χ4n) is 1.54. The van der Waals surface area contributed by atoms with Crippen LogP contribution in [0.1, 0.15) is 20.7 Å². The Kier molecular flexibility index (Phi) is 3.52. The van der Waals surface area contributed by atoms with Crippen molar-refractivity contribution in [3.8, 4) is 0 Å². The molecule has 2 aromatic rings. The SMILES string of the molecule is Cn1cc(C(=O)Nc2ccc(Cl)cc2C(=O)O)cn1. The quantitative estimate of drug-likeness (QED) is 0.900. The Hall–Kier alpha value is -2.34. The number of anilines is 1. The van der Waals surface area contributed by atoms with Crippen molar-refractivity contribution < 1.29 is 14.7 Å². The van der Waals surface area contributed by atoms with Crippen LogP contribution in [0.2, 0.25) is 5.02 Å². The van der Waals surface area contributed by atoms with Gasteiger partial charge in [0, 0.05) is 18.3 Å². The Morgan fingerprint density at radius 1 is 1.42 bits per heavy atom. The molecule has 0 spiro atoms. The Labute approximate surface area is 113 Å². The fourth-order valence-corrected chi connectivity index (χ4v) is 1.71. The molecule has 19 heavy (non-hydrogen) atoms. The number of benzene rings is 1. The lowest BCUT2D eigenvalue weighted by Crippen LogP contribution is -2.14. The molecule has 0 aliphatic heterocycles. The summed E-state index contributed by atoms with van der Waals surface area (Å²) in [5.74, 6) is -1.60. The van der Waals surface area contributed by atoms with E-state index in [-0.39, 0.29) is 16.3 Å². The first kappa shape index (κ1) is 13.1. The lowest BCUT2D eigenvalue weighted by atomic mass is 10.1. The van der Waals surface area contributed by atoms with Crippen molar-refractivity contribution in [2.24, 2.45) is 7.05 Å². The van der Waals surface area contributed by atoms with Crippen molar-refractivity contribution in [2.45, 2.75) is 0 Å². The largest absolute Gasteiger partial charge is 0.478 e. The molecule has 0 radical (unpaired) electrons. The average Bonchev–Trinajstić information content (AvgIpc) is 2.78. The van der Waals surface area contributed by atoms with Crippen LogP contribution in [0.15, 0.2) is 30.6 Å². The molecule has 6 nitrogen and oxygen atoms in total. The highest BCUT2D eigenvalue weighted by molar-refractivity contribution is 6.31. The average molecular weight is 280 g/mol. The summed E-state index contributed by atoms with van der Waals surface area (Å²) in [5, 5.41) is 15.7. The molecule has 0 bridgehead atoms. The second-order valence-electron chi connectivity index (χ2n) is 3.85. The second-order valence-corrected chi connectivity index (χ2v) is 4.29. The maximum atomic E-state index is 11.9. The molecule has 98 valence electrons. The highest BCUT2D eigenvalue weighted by atomic mass is 35.5. The van der Waals surface area contributed by atoms with Gasteiger partial charge in [0.25, 0.3) is 5.91 Å². The van der Waals surface area contributed by atoms with E-state index in [9.17, 15) is 9.59 Å². The number of aromatic carboxylic acids is 1. The van der Waals surface area contributed by atoms with E-state index in [2.05, 4.69) is 10.4 Å². The standard InChI is InChI=1S/C12H10ClN3O3/c1-16-6-7(5-14-16)11(17)15-10-3-2-8(13)4-9(10)12(18)19/h2-6H,1H3,(H,15,17)(H,18,19). The van der Waals surface area contributed by atoms with Crippen molar-refractivity contribution in [1.29, 1.82) is 0 Å². The molecular formula is C12H10ClN3O3. The van der Waals surface area contributed by atoms with Gasteiger partial charge in [-0.1, -0.05) is 11.6 Å². The number of halogens is 1. The number of carbonyl (C=O) groups excluding carboxylic acids is 1. The van der Waals surface area contributed by atoms with Crippen LogP contribution < -0.4 is 5.32 Å². The number of aromatic nitrogens is 2. The van der Waals surface area contributed by atoms with Crippen LogP contribution in [0.3, 0.4) is 0 Å². The van der Waals surface area contributed by atoms with Gasteiger partial charge in [-0.3, -0.25) is 9.48 Å². The monoisotopic (exact) mass is 279 g/mol. The maximum Gasteiger partial charge on any atom is 0.337 e. The van der Waals surface area contributed by atoms with Crippen molar-refractivity contribution in [1.82, 2.24) is 9.78 Å². The van der Waals surface area contributed by atoms with Gasteiger partial charge in [-0.15, -0.1) is 0 Å². The number of carbonyl (C=O) groups is 2. The predicted octanol–water partition coefficient (Wildman–Crippen LogP) is 2.02. The summed E-state index contributed by atoms with van der Waals surface area (Å²) in [5.41, 5.74) is 0.462. The zero-order valence-electron chi connectivity index (χ0n) is 9.92. The zero-order valence-corrected chi connectivity index (χ0v) is 10.7. The first-order valence-electron chi connectivity index (χ1n) is 5.30. The topological polar surface area (TPSA) is 84.2 Å². The van der Waals surface area contributed by atoms with Gasteiger partial charge >= 0.3 is 5.97 Å². The molecule has 0 unspecified atom stereocenters. The molecule has 0 saturated carbocycles. The maximum absolute atomic E-state index is 11.9. The first-order chi connectivity index (χ1) is 8.97. The zero-order chi connectivity index (χ0) is 14.0. The Balaban J connectivity index is 2.28. The van der Waals surface area contributed by atoms with Crippen LogP contribution >= 0.6 is 11.6 Å². The van der Waals surface area contributed by atoms with E-state index in [1.165, 1.54) is 35.3 Å². The van der Waals surface area contributed by atoms with Crippen LogP contribution in [-0.4, -0.2) is 26.8 Å². The summed E-state index contributed by atoms with van der Waals surface area (Å²) in [6, 6.07) is 4.23. The van der Waals surface area contributed by atoms with Gasteiger partial charge in [-0.2, -0.15) is 5.10 Å². The minimum atomic E-state index is -1.16. The van der Waals surface area contributed by atoms with Crippen molar-refractivity contribution in [3.05, 3.63) is 46.7 Å². The number of nitrogens with one attached hydrogen (secondary N) is 1. The number of nitrogens with zero attached hydrogens (tertiary/aromatic N) is 2. The van der Waals surface area contributed by atoms with E-state index in [4.69, 9.17) is 16.7 Å². The third kappa shape index (κ3) is 2.92. The molecule has 2 rings (SSSR count). The Morgan fingerprint density at radius 2 is 2.16 bits per heavy atom. The van der Waals surface area contributed by atoms with Crippen LogP contribution in [0.5, 0.6) is 0 Å². The molecule has 1 heterocycles. The smallest absolute Gasteiger partial charge is 0.337 e. The number of carboxylic acid groups (broad SMARTS) is 1. The molecule has 0 atom stereocenters. The molecule has 7 heteroatoms. The first-order valence-corrected chi connectivity index (χ1v) is 5.68. The number of amides is 1. The summed E-state index contributed by atoms with van der Waals surface area (Å²) < 4.78 is 1.48. The van der Waals surface area contributed by atoms with Crippen LogP contribution in [0.4, 0.5) is 5.69 Å². The highest BCUT2D eigenvalue weighted by Crippen LogP contribution is 2.21.